The van der Waals surface area contributed by atoms with Crippen molar-refractivity contribution in [3.8, 4) is 5.75 Å². The van der Waals surface area contributed by atoms with Crippen molar-refractivity contribution in [1.29, 1.82) is 0 Å². The van der Waals surface area contributed by atoms with E-state index in [2.05, 4.69) is 11.4 Å². The fourth-order valence-electron chi connectivity index (χ4n) is 4.02. The van der Waals surface area contributed by atoms with Gasteiger partial charge in [-0.05, 0) is 41.0 Å². The summed E-state index contributed by atoms with van der Waals surface area (Å²) in [5, 5.41) is 5.54. The normalized spacial score (nSPS) is 16.0. The van der Waals surface area contributed by atoms with Crippen LogP contribution >= 0.6 is 24.8 Å². The van der Waals surface area contributed by atoms with Crippen LogP contribution in [-0.4, -0.2) is 43.6 Å². The number of fused-ring (bicyclic) bond motifs is 1. The largest absolute Gasteiger partial charge is 0.497 e. The number of benzene rings is 3. The van der Waals surface area contributed by atoms with E-state index < -0.39 is 17.6 Å². The summed E-state index contributed by atoms with van der Waals surface area (Å²) in [7, 11) is 1.29. The number of carbonyl (C=O) groups is 1. The van der Waals surface area contributed by atoms with Crippen LogP contribution in [0.3, 0.4) is 0 Å². The molecular formula is C24H25Cl2F3N2O2. The number of hydrogen-bond donors (Lipinski definition) is 1. The van der Waals surface area contributed by atoms with Gasteiger partial charge in [0.2, 0.25) is 0 Å². The fraction of sp³-hybridized carbons (Fsp3) is 0.292. The molecule has 178 valence electrons. The van der Waals surface area contributed by atoms with Gasteiger partial charge in [0, 0.05) is 31.2 Å². The molecule has 33 heavy (non-hydrogen) atoms. The smallest absolute Gasteiger partial charge is 0.416 e. The maximum atomic E-state index is 13.3. The van der Waals surface area contributed by atoms with Gasteiger partial charge in [-0.15, -0.1) is 24.8 Å². The Morgan fingerprint density at radius 3 is 2.48 bits per heavy atom. The Hall–Kier alpha value is -2.48. The third-order valence-electron chi connectivity index (χ3n) is 5.61. The molecule has 1 fully saturated rings. The lowest BCUT2D eigenvalue weighted by Gasteiger charge is -2.36. The average Bonchev–Trinajstić information content (AvgIpc) is 2.78. The van der Waals surface area contributed by atoms with Crippen LogP contribution in [0, 0.1) is 0 Å². The second-order valence-electron chi connectivity index (χ2n) is 7.69. The quantitative estimate of drug-likeness (QED) is 0.523. The van der Waals surface area contributed by atoms with Crippen LogP contribution in [0.15, 0.2) is 60.7 Å². The van der Waals surface area contributed by atoms with Gasteiger partial charge in [-0.25, -0.2) is 0 Å². The van der Waals surface area contributed by atoms with Crippen molar-refractivity contribution >= 4 is 41.5 Å². The van der Waals surface area contributed by atoms with Gasteiger partial charge < -0.3 is 15.0 Å². The first-order chi connectivity index (χ1) is 14.8. The molecule has 0 aliphatic carbocycles. The number of alkyl halides is 3. The van der Waals surface area contributed by atoms with Crippen molar-refractivity contribution < 1.29 is 22.7 Å². The Kier molecular flexibility index (Phi) is 9.00. The van der Waals surface area contributed by atoms with E-state index in [0.29, 0.717) is 26.1 Å². The fourth-order valence-corrected chi connectivity index (χ4v) is 4.02. The molecule has 0 spiro atoms. The molecule has 1 aliphatic heterocycles. The molecule has 1 amide bonds. The third kappa shape index (κ3) is 6.10. The lowest BCUT2D eigenvalue weighted by atomic mass is 9.98. The van der Waals surface area contributed by atoms with Gasteiger partial charge >= 0.3 is 6.18 Å². The molecule has 4 nitrogen and oxygen atoms in total. The number of rotatable bonds is 4. The number of nitrogens with zero attached hydrogens (tertiary/aromatic N) is 1. The Morgan fingerprint density at radius 2 is 1.79 bits per heavy atom. The van der Waals surface area contributed by atoms with E-state index in [1.165, 1.54) is 13.2 Å². The summed E-state index contributed by atoms with van der Waals surface area (Å²) in [5.74, 6) is -0.406. The molecule has 1 heterocycles. The van der Waals surface area contributed by atoms with Crippen LogP contribution in [-0.2, 0) is 12.6 Å². The summed E-state index contributed by atoms with van der Waals surface area (Å²) >= 11 is 0. The number of hydrogen-bond acceptors (Lipinski definition) is 3. The van der Waals surface area contributed by atoms with Gasteiger partial charge in [-0.1, -0.05) is 42.5 Å². The lowest BCUT2D eigenvalue weighted by molar-refractivity contribution is -0.137. The van der Waals surface area contributed by atoms with Crippen LogP contribution in [0.1, 0.15) is 21.5 Å². The van der Waals surface area contributed by atoms with Crippen molar-refractivity contribution in [3.63, 3.8) is 0 Å². The Labute approximate surface area is 202 Å². The second-order valence-corrected chi connectivity index (χ2v) is 7.69. The van der Waals surface area contributed by atoms with E-state index in [1.54, 1.807) is 4.90 Å². The van der Waals surface area contributed by atoms with Gasteiger partial charge in [-0.3, -0.25) is 4.79 Å². The number of halogens is 5. The van der Waals surface area contributed by atoms with Crippen LogP contribution in [0.4, 0.5) is 13.2 Å². The molecule has 0 bridgehead atoms. The molecule has 3 aromatic carbocycles. The zero-order chi connectivity index (χ0) is 22.0. The van der Waals surface area contributed by atoms with Gasteiger partial charge in [0.25, 0.3) is 5.91 Å². The van der Waals surface area contributed by atoms with E-state index in [0.717, 1.165) is 28.5 Å². The SMILES string of the molecule is COc1cc(C(=O)N2CCNCC2Cc2ccc3ccccc3c2)cc(C(F)(F)F)c1.Cl.Cl. The number of ether oxygens (including phenoxy) is 1. The molecule has 0 aromatic heterocycles. The van der Waals surface area contributed by atoms with Crippen molar-refractivity contribution in [2.45, 2.75) is 18.6 Å². The predicted octanol–water partition coefficient (Wildman–Crippen LogP) is 5.37. The van der Waals surface area contributed by atoms with E-state index in [9.17, 15) is 18.0 Å². The molecule has 1 saturated heterocycles. The standard InChI is InChI=1S/C24H23F3N2O2.2ClH/c1-31-22-13-19(12-20(14-22)24(25,26)27)23(30)29-9-8-28-15-21(29)11-16-6-7-17-4-2-3-5-18(17)10-16;;/h2-7,10,12-14,21,28H,8-9,11,15H2,1H3;2*1H. The number of piperazine rings is 1. The van der Waals surface area contributed by atoms with Gasteiger partial charge in [0.1, 0.15) is 5.75 Å². The summed E-state index contributed by atoms with van der Waals surface area (Å²) in [6, 6.07) is 17.2. The van der Waals surface area contributed by atoms with Crippen molar-refractivity contribution in [1.82, 2.24) is 10.2 Å². The van der Waals surface area contributed by atoms with Gasteiger partial charge in [0.15, 0.2) is 0 Å². The van der Waals surface area contributed by atoms with Crippen molar-refractivity contribution in [2.24, 2.45) is 0 Å². The minimum absolute atomic E-state index is 0. The van der Waals surface area contributed by atoms with Crippen LogP contribution in [0.5, 0.6) is 5.75 Å². The van der Waals surface area contributed by atoms with E-state index in [1.807, 2.05) is 36.4 Å². The first-order valence-electron chi connectivity index (χ1n) is 10.1. The molecule has 1 atom stereocenters. The molecule has 1 unspecified atom stereocenters. The maximum Gasteiger partial charge on any atom is 0.416 e. The molecule has 9 heteroatoms. The number of methoxy groups -OCH3 is 1. The van der Waals surface area contributed by atoms with Crippen molar-refractivity contribution in [2.75, 3.05) is 26.7 Å². The van der Waals surface area contributed by atoms with Gasteiger partial charge in [-0.2, -0.15) is 13.2 Å². The zero-order valence-corrected chi connectivity index (χ0v) is 19.5. The number of amides is 1. The highest BCUT2D eigenvalue weighted by Gasteiger charge is 2.34. The lowest BCUT2D eigenvalue weighted by Crippen LogP contribution is -2.54. The topological polar surface area (TPSA) is 41.6 Å². The summed E-state index contributed by atoms with van der Waals surface area (Å²) < 4.78 is 44.9. The molecule has 0 saturated carbocycles. The Bertz CT molecular complexity index is 1110. The highest BCUT2D eigenvalue weighted by molar-refractivity contribution is 5.95. The predicted molar refractivity (Wildman–Crippen MR) is 128 cm³/mol. The molecule has 3 aromatic rings. The highest BCUT2D eigenvalue weighted by atomic mass is 35.5. The summed E-state index contributed by atoms with van der Waals surface area (Å²) in [4.78, 5) is 14.9. The summed E-state index contributed by atoms with van der Waals surface area (Å²) in [5.41, 5.74) is 0.167. The van der Waals surface area contributed by atoms with Crippen molar-refractivity contribution in [3.05, 3.63) is 77.4 Å². The van der Waals surface area contributed by atoms with E-state index in [4.69, 9.17) is 4.74 Å². The average molecular weight is 501 g/mol. The molecule has 1 N–H and O–H groups in total. The highest BCUT2D eigenvalue weighted by Crippen LogP contribution is 2.33. The summed E-state index contributed by atoms with van der Waals surface area (Å²) in [6.45, 7) is 1.60. The second kappa shape index (κ2) is 11.1. The van der Waals surface area contributed by atoms with E-state index >= 15 is 0 Å². The molecule has 4 rings (SSSR count). The van der Waals surface area contributed by atoms with Crippen LogP contribution in [0.2, 0.25) is 0 Å². The minimum Gasteiger partial charge on any atom is -0.497 e. The first kappa shape index (κ1) is 26.8. The Balaban J connectivity index is 0.00000193. The number of carbonyl (C=O) groups excluding carboxylic acids is 1. The zero-order valence-electron chi connectivity index (χ0n) is 17.9. The maximum absolute atomic E-state index is 13.3. The molecule has 0 radical (unpaired) electrons. The monoisotopic (exact) mass is 500 g/mol. The first-order valence-corrected chi connectivity index (χ1v) is 10.1. The molecular weight excluding hydrogens is 476 g/mol. The molecule has 1 aliphatic rings. The minimum atomic E-state index is -4.56. The van der Waals surface area contributed by atoms with Gasteiger partial charge in [0.05, 0.1) is 12.7 Å². The Morgan fingerprint density at radius 1 is 1.06 bits per heavy atom. The third-order valence-corrected chi connectivity index (χ3v) is 5.61. The van der Waals surface area contributed by atoms with Crippen LogP contribution in [0.25, 0.3) is 10.8 Å². The number of nitrogens with one attached hydrogen (secondary N) is 1. The van der Waals surface area contributed by atoms with Crippen LogP contribution < -0.4 is 10.1 Å². The van der Waals surface area contributed by atoms with E-state index in [-0.39, 0.29) is 42.2 Å². The summed E-state index contributed by atoms with van der Waals surface area (Å²) in [6.07, 6.45) is -3.95.